The third kappa shape index (κ3) is 4.73. The van der Waals surface area contributed by atoms with Crippen LogP contribution in [0.1, 0.15) is 32.1 Å². The number of nitrogens with zero attached hydrogens (tertiary/aromatic N) is 1. The molecule has 0 heterocycles. The van der Waals surface area contributed by atoms with Gasteiger partial charge in [-0.1, -0.05) is 31.4 Å². The van der Waals surface area contributed by atoms with Gasteiger partial charge in [-0.15, -0.1) is 0 Å². The highest BCUT2D eigenvalue weighted by Gasteiger charge is 2.27. The SMILES string of the molecule is O=C(COC1CCCCC1)NS(=O)(=O)c1ccccc1[N+](=O)[O-]. The van der Waals surface area contributed by atoms with Gasteiger partial charge in [-0.2, -0.15) is 0 Å². The number of ether oxygens (including phenoxy) is 1. The lowest BCUT2D eigenvalue weighted by molar-refractivity contribution is -0.387. The molecule has 1 N–H and O–H groups in total. The molecule has 23 heavy (non-hydrogen) atoms. The number of nitro groups is 1. The molecule has 0 atom stereocenters. The Morgan fingerprint density at radius 2 is 1.91 bits per heavy atom. The van der Waals surface area contributed by atoms with Crippen molar-refractivity contribution >= 4 is 21.6 Å². The first-order chi connectivity index (χ1) is 10.9. The van der Waals surface area contributed by atoms with E-state index in [-0.39, 0.29) is 12.7 Å². The van der Waals surface area contributed by atoms with E-state index in [9.17, 15) is 23.3 Å². The molecule has 0 unspecified atom stereocenters. The summed E-state index contributed by atoms with van der Waals surface area (Å²) < 4.78 is 31.5. The Kier molecular flexibility index (Phi) is 5.67. The number of sulfonamides is 1. The number of para-hydroxylation sites is 1. The molecule has 0 aromatic heterocycles. The minimum Gasteiger partial charge on any atom is -0.368 e. The Balaban J connectivity index is 2.00. The van der Waals surface area contributed by atoms with Crippen molar-refractivity contribution in [1.82, 2.24) is 4.72 Å². The summed E-state index contributed by atoms with van der Waals surface area (Å²) in [5.41, 5.74) is -0.582. The van der Waals surface area contributed by atoms with Gasteiger partial charge < -0.3 is 4.74 Å². The summed E-state index contributed by atoms with van der Waals surface area (Å²) >= 11 is 0. The van der Waals surface area contributed by atoms with E-state index in [1.165, 1.54) is 12.1 Å². The van der Waals surface area contributed by atoms with Crippen LogP contribution in [0.25, 0.3) is 0 Å². The van der Waals surface area contributed by atoms with Gasteiger partial charge in [0.1, 0.15) is 6.61 Å². The van der Waals surface area contributed by atoms with Gasteiger partial charge in [-0.3, -0.25) is 14.9 Å². The Bertz CT molecular complexity index is 682. The van der Waals surface area contributed by atoms with E-state index < -0.39 is 31.4 Å². The lowest BCUT2D eigenvalue weighted by atomic mass is 9.98. The number of amides is 1. The molecule has 0 radical (unpaired) electrons. The van der Waals surface area contributed by atoms with Crippen molar-refractivity contribution in [2.75, 3.05) is 6.61 Å². The Hall–Kier alpha value is -2.00. The highest BCUT2D eigenvalue weighted by molar-refractivity contribution is 7.90. The van der Waals surface area contributed by atoms with Gasteiger partial charge in [0.05, 0.1) is 11.0 Å². The van der Waals surface area contributed by atoms with Crippen molar-refractivity contribution in [2.45, 2.75) is 43.1 Å². The standard InChI is InChI=1S/C14H18N2O6S/c17-14(10-22-11-6-2-1-3-7-11)15-23(20,21)13-9-5-4-8-12(13)16(18)19/h4-5,8-9,11H,1-3,6-7,10H2,(H,15,17). The molecule has 0 spiro atoms. The number of hydrogen-bond acceptors (Lipinski definition) is 6. The second-order valence-electron chi connectivity index (χ2n) is 5.32. The van der Waals surface area contributed by atoms with Crippen LogP contribution < -0.4 is 4.72 Å². The minimum absolute atomic E-state index is 0.0386. The number of benzene rings is 1. The molecule has 1 amide bonds. The lowest BCUT2D eigenvalue weighted by Crippen LogP contribution is -2.35. The zero-order chi connectivity index (χ0) is 16.9. The summed E-state index contributed by atoms with van der Waals surface area (Å²) in [7, 11) is -4.31. The zero-order valence-electron chi connectivity index (χ0n) is 12.4. The Morgan fingerprint density at radius 1 is 1.26 bits per heavy atom. The van der Waals surface area contributed by atoms with Crippen LogP contribution in [0.15, 0.2) is 29.2 Å². The van der Waals surface area contributed by atoms with Gasteiger partial charge in [0.2, 0.25) is 0 Å². The molecule has 0 saturated heterocycles. The molecule has 1 aromatic rings. The van der Waals surface area contributed by atoms with Gasteiger partial charge in [0, 0.05) is 6.07 Å². The molecule has 1 aromatic carbocycles. The van der Waals surface area contributed by atoms with Gasteiger partial charge in [0.25, 0.3) is 21.6 Å². The number of nitrogens with one attached hydrogen (secondary N) is 1. The molecular weight excluding hydrogens is 324 g/mol. The zero-order valence-corrected chi connectivity index (χ0v) is 13.3. The van der Waals surface area contributed by atoms with E-state index in [1.807, 2.05) is 4.72 Å². The van der Waals surface area contributed by atoms with Gasteiger partial charge in [0.15, 0.2) is 4.90 Å². The summed E-state index contributed by atoms with van der Waals surface area (Å²) in [6.45, 7) is -0.384. The van der Waals surface area contributed by atoms with Gasteiger partial charge >= 0.3 is 0 Å². The molecule has 8 nitrogen and oxygen atoms in total. The Labute approximate surface area is 134 Å². The van der Waals surface area contributed by atoms with E-state index in [4.69, 9.17) is 4.74 Å². The third-order valence-electron chi connectivity index (χ3n) is 3.60. The second kappa shape index (κ2) is 7.51. The first-order valence-corrected chi connectivity index (χ1v) is 8.79. The average Bonchev–Trinajstić information content (AvgIpc) is 2.53. The van der Waals surface area contributed by atoms with E-state index in [2.05, 4.69) is 0 Å². The largest absolute Gasteiger partial charge is 0.368 e. The molecule has 1 fully saturated rings. The van der Waals surface area contributed by atoms with Gasteiger partial charge in [-0.25, -0.2) is 13.1 Å². The molecule has 9 heteroatoms. The molecule has 2 rings (SSSR count). The lowest BCUT2D eigenvalue weighted by Gasteiger charge is -2.21. The predicted octanol–water partition coefficient (Wildman–Crippen LogP) is 1.75. The topological polar surface area (TPSA) is 116 Å². The average molecular weight is 342 g/mol. The van der Waals surface area contributed by atoms with Crippen LogP contribution in [0, 0.1) is 10.1 Å². The number of carbonyl (C=O) groups excluding carboxylic acids is 1. The smallest absolute Gasteiger partial charge is 0.289 e. The molecule has 0 aliphatic heterocycles. The van der Waals surface area contributed by atoms with Crippen LogP contribution in [0.2, 0.25) is 0 Å². The van der Waals surface area contributed by atoms with Crippen molar-refractivity contribution in [3.63, 3.8) is 0 Å². The molecule has 1 aliphatic carbocycles. The maximum Gasteiger partial charge on any atom is 0.289 e. The van der Waals surface area contributed by atoms with E-state index in [0.29, 0.717) is 0 Å². The molecule has 0 bridgehead atoms. The molecule has 1 aliphatic rings. The maximum absolute atomic E-state index is 12.1. The highest BCUT2D eigenvalue weighted by Crippen LogP contribution is 2.23. The van der Waals surface area contributed by atoms with Crippen LogP contribution in [-0.2, 0) is 19.6 Å². The number of nitro benzene ring substituents is 1. The second-order valence-corrected chi connectivity index (χ2v) is 6.98. The van der Waals surface area contributed by atoms with E-state index in [1.54, 1.807) is 0 Å². The van der Waals surface area contributed by atoms with Crippen LogP contribution in [-0.4, -0.2) is 32.0 Å². The normalized spacial score (nSPS) is 16.0. The first kappa shape index (κ1) is 17.4. The van der Waals surface area contributed by atoms with Crippen LogP contribution in [0.4, 0.5) is 5.69 Å². The fourth-order valence-electron chi connectivity index (χ4n) is 2.49. The van der Waals surface area contributed by atoms with Crippen LogP contribution in [0.3, 0.4) is 0 Å². The number of hydrogen-bond donors (Lipinski definition) is 1. The van der Waals surface area contributed by atoms with E-state index >= 15 is 0 Å². The minimum atomic E-state index is -4.31. The van der Waals surface area contributed by atoms with Crippen molar-refractivity contribution < 1.29 is 22.9 Å². The third-order valence-corrected chi connectivity index (χ3v) is 5.02. The summed E-state index contributed by atoms with van der Waals surface area (Å²) in [5, 5.41) is 10.9. The van der Waals surface area contributed by atoms with E-state index in [0.717, 1.165) is 44.2 Å². The number of carbonyl (C=O) groups is 1. The summed E-state index contributed by atoms with van der Waals surface area (Å²) in [6.07, 6.45) is 4.86. The van der Waals surface area contributed by atoms with Crippen molar-refractivity contribution in [1.29, 1.82) is 0 Å². The highest BCUT2D eigenvalue weighted by atomic mass is 32.2. The fourth-order valence-corrected chi connectivity index (χ4v) is 3.64. The summed E-state index contributed by atoms with van der Waals surface area (Å²) in [6, 6.07) is 4.85. The molecular formula is C14H18N2O6S. The predicted molar refractivity (Wildman–Crippen MR) is 81.2 cm³/mol. The fraction of sp³-hybridized carbons (Fsp3) is 0.500. The molecule has 1 saturated carbocycles. The van der Waals surface area contributed by atoms with Crippen LogP contribution in [0.5, 0.6) is 0 Å². The molecule has 126 valence electrons. The first-order valence-electron chi connectivity index (χ1n) is 7.31. The van der Waals surface area contributed by atoms with Crippen LogP contribution >= 0.6 is 0 Å². The van der Waals surface area contributed by atoms with Crippen molar-refractivity contribution in [2.24, 2.45) is 0 Å². The quantitative estimate of drug-likeness (QED) is 0.622. The van der Waals surface area contributed by atoms with Gasteiger partial charge in [-0.05, 0) is 18.9 Å². The summed E-state index contributed by atoms with van der Waals surface area (Å²) in [4.78, 5) is 21.3. The monoisotopic (exact) mass is 342 g/mol. The maximum atomic E-state index is 12.1. The summed E-state index contributed by atoms with van der Waals surface area (Å²) in [5.74, 6) is -0.839. The van der Waals surface area contributed by atoms with Crippen molar-refractivity contribution in [3.8, 4) is 0 Å². The Morgan fingerprint density at radius 3 is 2.57 bits per heavy atom. The van der Waals surface area contributed by atoms with Crippen molar-refractivity contribution in [3.05, 3.63) is 34.4 Å². The number of rotatable bonds is 6.